The third-order valence-electron chi connectivity index (χ3n) is 3.96. The summed E-state index contributed by atoms with van der Waals surface area (Å²) in [7, 11) is 1.74. The fourth-order valence-corrected chi connectivity index (χ4v) is 2.65. The number of aryl methyl sites for hydroxylation is 1. The van der Waals surface area contributed by atoms with Crippen molar-refractivity contribution in [2.24, 2.45) is 0 Å². The molecule has 2 nitrogen and oxygen atoms in total. The summed E-state index contributed by atoms with van der Waals surface area (Å²) in [6.07, 6.45) is 11.0. The first kappa shape index (κ1) is 18.0. The molecule has 0 radical (unpaired) electrons. The fraction of sp³-hybridized carbons (Fsp3) is 0.684. The lowest BCUT2D eigenvalue weighted by Crippen LogP contribution is -2.15. The molecule has 0 aliphatic heterocycles. The Hall–Kier alpha value is -1.02. The largest absolute Gasteiger partial charge is 0.496 e. The predicted octanol–water partition coefficient (Wildman–Crippen LogP) is 5.23. The van der Waals surface area contributed by atoms with Crippen molar-refractivity contribution >= 4 is 0 Å². The molecule has 0 atom stereocenters. The second-order valence-electron chi connectivity index (χ2n) is 5.97. The van der Waals surface area contributed by atoms with Crippen LogP contribution in [0.3, 0.4) is 0 Å². The second kappa shape index (κ2) is 11.6. The molecule has 1 rings (SSSR count). The van der Waals surface area contributed by atoms with Gasteiger partial charge in [0.15, 0.2) is 0 Å². The highest BCUT2D eigenvalue weighted by Gasteiger charge is 2.02. The zero-order chi connectivity index (χ0) is 15.3. The molecule has 0 spiro atoms. The molecule has 0 bridgehead atoms. The summed E-state index contributed by atoms with van der Waals surface area (Å²) in [4.78, 5) is 0. The van der Waals surface area contributed by atoms with Gasteiger partial charge >= 0.3 is 0 Å². The fourth-order valence-electron chi connectivity index (χ4n) is 2.65. The number of hydrogen-bond acceptors (Lipinski definition) is 2. The SMILES string of the molecule is CCCCCCCCCCNCc1cc(C)ccc1OC. The maximum Gasteiger partial charge on any atom is 0.123 e. The van der Waals surface area contributed by atoms with Crippen LogP contribution < -0.4 is 10.1 Å². The smallest absolute Gasteiger partial charge is 0.123 e. The number of nitrogens with one attached hydrogen (secondary N) is 1. The van der Waals surface area contributed by atoms with Gasteiger partial charge in [-0.3, -0.25) is 0 Å². The van der Waals surface area contributed by atoms with Crippen LogP contribution in [-0.4, -0.2) is 13.7 Å². The third kappa shape index (κ3) is 8.11. The monoisotopic (exact) mass is 291 g/mol. The number of unbranched alkanes of at least 4 members (excludes halogenated alkanes) is 7. The number of rotatable bonds is 12. The van der Waals surface area contributed by atoms with Crippen LogP contribution in [0.5, 0.6) is 5.75 Å². The van der Waals surface area contributed by atoms with Gasteiger partial charge in [-0.1, -0.05) is 69.6 Å². The molecule has 1 aromatic carbocycles. The molecule has 1 N–H and O–H groups in total. The zero-order valence-electron chi connectivity index (χ0n) is 14.2. The van der Waals surface area contributed by atoms with Crippen molar-refractivity contribution in [3.63, 3.8) is 0 Å². The molecule has 0 saturated carbocycles. The van der Waals surface area contributed by atoms with Gasteiger partial charge in [0.05, 0.1) is 7.11 Å². The summed E-state index contributed by atoms with van der Waals surface area (Å²) in [5.41, 5.74) is 2.55. The van der Waals surface area contributed by atoms with Crippen molar-refractivity contribution in [1.82, 2.24) is 5.32 Å². The normalized spacial score (nSPS) is 10.8. The maximum atomic E-state index is 5.40. The number of benzene rings is 1. The van der Waals surface area contributed by atoms with Crippen LogP contribution in [-0.2, 0) is 6.54 Å². The number of ether oxygens (including phenoxy) is 1. The molecule has 120 valence electrons. The molecule has 0 heterocycles. The second-order valence-corrected chi connectivity index (χ2v) is 5.97. The summed E-state index contributed by atoms with van der Waals surface area (Å²) in [6, 6.07) is 6.36. The van der Waals surface area contributed by atoms with Crippen LogP contribution in [0, 0.1) is 6.92 Å². The molecule has 0 fully saturated rings. The molecule has 2 heteroatoms. The van der Waals surface area contributed by atoms with Crippen LogP contribution in [0.25, 0.3) is 0 Å². The molecule has 21 heavy (non-hydrogen) atoms. The molecule has 1 aromatic rings. The Labute approximate surface area is 131 Å². The van der Waals surface area contributed by atoms with E-state index in [2.05, 4.69) is 37.4 Å². The van der Waals surface area contributed by atoms with E-state index >= 15 is 0 Å². The predicted molar refractivity (Wildman–Crippen MR) is 92.0 cm³/mol. The standard InChI is InChI=1S/C19H33NO/c1-4-5-6-7-8-9-10-11-14-20-16-18-15-17(2)12-13-19(18)21-3/h12-13,15,20H,4-11,14,16H2,1-3H3. The molecular formula is C19H33NO. The van der Waals surface area contributed by atoms with E-state index in [1.165, 1.54) is 62.5 Å². The van der Waals surface area contributed by atoms with Gasteiger partial charge in [0.1, 0.15) is 5.75 Å². The molecule has 0 aromatic heterocycles. The Morgan fingerprint density at radius 3 is 2.29 bits per heavy atom. The van der Waals surface area contributed by atoms with Crippen molar-refractivity contribution in [3.05, 3.63) is 29.3 Å². The van der Waals surface area contributed by atoms with Gasteiger partial charge in [-0.05, 0) is 26.0 Å². The van der Waals surface area contributed by atoms with E-state index in [1.807, 2.05) is 0 Å². The first-order valence-electron chi connectivity index (χ1n) is 8.62. The van der Waals surface area contributed by atoms with E-state index in [4.69, 9.17) is 4.74 Å². The highest BCUT2D eigenvalue weighted by molar-refractivity contribution is 5.36. The summed E-state index contributed by atoms with van der Waals surface area (Å²) in [6.45, 7) is 6.41. The maximum absolute atomic E-state index is 5.40. The van der Waals surface area contributed by atoms with Gasteiger partial charge in [-0.2, -0.15) is 0 Å². The molecule has 0 unspecified atom stereocenters. The van der Waals surface area contributed by atoms with Gasteiger partial charge in [0.25, 0.3) is 0 Å². The first-order chi connectivity index (χ1) is 10.3. The Kier molecular flexibility index (Phi) is 9.98. The van der Waals surface area contributed by atoms with Crippen LogP contribution in [0.1, 0.15) is 69.4 Å². The lowest BCUT2D eigenvalue weighted by molar-refractivity contribution is 0.407. The molecule has 0 saturated heterocycles. The van der Waals surface area contributed by atoms with Crippen LogP contribution >= 0.6 is 0 Å². The van der Waals surface area contributed by atoms with Crippen LogP contribution in [0.15, 0.2) is 18.2 Å². The lowest BCUT2D eigenvalue weighted by atomic mass is 10.1. The Balaban J connectivity index is 2.05. The van der Waals surface area contributed by atoms with E-state index < -0.39 is 0 Å². The summed E-state index contributed by atoms with van der Waals surface area (Å²) in [5, 5.41) is 3.53. The van der Waals surface area contributed by atoms with Gasteiger partial charge in [0.2, 0.25) is 0 Å². The van der Waals surface area contributed by atoms with Gasteiger partial charge in [-0.15, -0.1) is 0 Å². The molecule has 0 aliphatic carbocycles. The number of hydrogen-bond donors (Lipinski definition) is 1. The minimum absolute atomic E-state index is 0.904. The zero-order valence-corrected chi connectivity index (χ0v) is 14.2. The van der Waals surface area contributed by atoms with Gasteiger partial charge in [-0.25, -0.2) is 0 Å². The van der Waals surface area contributed by atoms with Crippen molar-refractivity contribution in [2.45, 2.75) is 71.8 Å². The average Bonchev–Trinajstić information content (AvgIpc) is 2.49. The minimum atomic E-state index is 0.904. The van der Waals surface area contributed by atoms with Crippen molar-refractivity contribution < 1.29 is 4.74 Å². The third-order valence-corrected chi connectivity index (χ3v) is 3.96. The van der Waals surface area contributed by atoms with Crippen molar-refractivity contribution in [2.75, 3.05) is 13.7 Å². The van der Waals surface area contributed by atoms with Crippen molar-refractivity contribution in [1.29, 1.82) is 0 Å². The minimum Gasteiger partial charge on any atom is -0.496 e. The van der Waals surface area contributed by atoms with Gasteiger partial charge in [0, 0.05) is 12.1 Å². The highest BCUT2D eigenvalue weighted by Crippen LogP contribution is 2.19. The van der Waals surface area contributed by atoms with E-state index in [9.17, 15) is 0 Å². The van der Waals surface area contributed by atoms with Crippen LogP contribution in [0.2, 0.25) is 0 Å². The Morgan fingerprint density at radius 1 is 0.952 bits per heavy atom. The topological polar surface area (TPSA) is 21.3 Å². The summed E-state index contributed by atoms with van der Waals surface area (Å²) >= 11 is 0. The van der Waals surface area contributed by atoms with E-state index in [0.717, 1.165) is 18.8 Å². The quantitative estimate of drug-likeness (QED) is 0.532. The van der Waals surface area contributed by atoms with Crippen LogP contribution in [0.4, 0.5) is 0 Å². The Morgan fingerprint density at radius 2 is 1.62 bits per heavy atom. The molecule has 0 aliphatic rings. The number of methoxy groups -OCH3 is 1. The van der Waals surface area contributed by atoms with E-state index in [-0.39, 0.29) is 0 Å². The summed E-state index contributed by atoms with van der Waals surface area (Å²) < 4.78 is 5.40. The molecular weight excluding hydrogens is 258 g/mol. The Bertz CT molecular complexity index is 376. The lowest BCUT2D eigenvalue weighted by Gasteiger charge is -2.10. The average molecular weight is 291 g/mol. The highest BCUT2D eigenvalue weighted by atomic mass is 16.5. The van der Waals surface area contributed by atoms with Crippen molar-refractivity contribution in [3.8, 4) is 5.75 Å². The molecule has 0 amide bonds. The van der Waals surface area contributed by atoms with Gasteiger partial charge < -0.3 is 10.1 Å². The summed E-state index contributed by atoms with van der Waals surface area (Å²) in [5.74, 6) is 0.990. The van der Waals surface area contributed by atoms with E-state index in [1.54, 1.807) is 7.11 Å². The first-order valence-corrected chi connectivity index (χ1v) is 8.62. The van der Waals surface area contributed by atoms with E-state index in [0.29, 0.717) is 0 Å².